The van der Waals surface area contributed by atoms with Crippen LogP contribution in [0.1, 0.15) is 12.1 Å². The molecule has 0 bridgehead atoms. The summed E-state index contributed by atoms with van der Waals surface area (Å²) in [5, 5.41) is 5.69. The van der Waals surface area contributed by atoms with E-state index < -0.39 is 0 Å². The summed E-state index contributed by atoms with van der Waals surface area (Å²) in [6.07, 6.45) is 1.21. The first kappa shape index (κ1) is 20.8. The summed E-state index contributed by atoms with van der Waals surface area (Å²) in [7, 11) is 4.09. The third kappa shape index (κ3) is 6.31. The molecule has 0 unspecified atom stereocenters. The number of benzene rings is 1. The van der Waals surface area contributed by atoms with Crippen LogP contribution in [0.15, 0.2) is 41.8 Å². The Kier molecular flexibility index (Phi) is 7.44. The minimum atomic E-state index is -0.0966. The third-order valence-corrected chi connectivity index (χ3v) is 6.13. The predicted octanol–water partition coefficient (Wildman–Crippen LogP) is 5.04. The Morgan fingerprint density at radius 3 is 2.68 bits per heavy atom. The van der Waals surface area contributed by atoms with Gasteiger partial charge in [0.1, 0.15) is 10.8 Å². The van der Waals surface area contributed by atoms with Crippen molar-refractivity contribution < 1.29 is 9.53 Å². The quantitative estimate of drug-likeness (QED) is 0.478. The molecular formula is C20H22ClN3O2S2. The van der Waals surface area contributed by atoms with Gasteiger partial charge in [-0.2, -0.15) is 0 Å². The van der Waals surface area contributed by atoms with E-state index in [0.29, 0.717) is 6.61 Å². The maximum Gasteiger partial charge on any atom is 0.230 e. The standard InChI is InChI=1S/C20H22ClN3O2S2/c1-24(2)10-3-11-26-16-6-4-14(5-7-16)22-19(25)12-15-13-27-20(23-15)17-8-9-18(21)28-17/h4-9,13H,3,10-12H2,1-2H3,(H,22,25). The number of thiophene rings is 1. The SMILES string of the molecule is CN(C)CCCOc1ccc(NC(=O)Cc2csc(-c3ccc(Cl)s3)n2)cc1. The Morgan fingerprint density at radius 2 is 2.00 bits per heavy atom. The van der Waals surface area contributed by atoms with Gasteiger partial charge in [-0.15, -0.1) is 22.7 Å². The van der Waals surface area contributed by atoms with E-state index in [0.717, 1.165) is 44.3 Å². The van der Waals surface area contributed by atoms with Gasteiger partial charge in [-0.25, -0.2) is 4.98 Å². The molecular weight excluding hydrogens is 414 g/mol. The number of nitrogens with zero attached hydrogens (tertiary/aromatic N) is 2. The van der Waals surface area contributed by atoms with E-state index >= 15 is 0 Å². The maximum atomic E-state index is 12.3. The Bertz CT molecular complexity index is 906. The third-order valence-electron chi connectivity index (χ3n) is 3.83. The van der Waals surface area contributed by atoms with Crippen LogP contribution < -0.4 is 10.1 Å². The molecule has 8 heteroatoms. The van der Waals surface area contributed by atoms with Gasteiger partial charge in [-0.3, -0.25) is 4.79 Å². The van der Waals surface area contributed by atoms with Crippen LogP contribution in [-0.2, 0) is 11.2 Å². The number of hydrogen-bond acceptors (Lipinski definition) is 6. The molecule has 2 aromatic heterocycles. The van der Waals surface area contributed by atoms with E-state index in [1.165, 1.54) is 22.7 Å². The number of carbonyl (C=O) groups excluding carboxylic acids is 1. The van der Waals surface area contributed by atoms with Crippen molar-refractivity contribution in [2.75, 3.05) is 32.6 Å². The minimum Gasteiger partial charge on any atom is -0.494 e. The number of carbonyl (C=O) groups is 1. The van der Waals surface area contributed by atoms with E-state index in [-0.39, 0.29) is 12.3 Å². The van der Waals surface area contributed by atoms with Crippen LogP contribution in [0.3, 0.4) is 0 Å². The molecule has 0 spiro atoms. The summed E-state index contributed by atoms with van der Waals surface area (Å²) in [6.45, 7) is 1.66. The van der Waals surface area contributed by atoms with Crippen LogP contribution in [0.5, 0.6) is 5.75 Å². The minimum absolute atomic E-state index is 0.0966. The molecule has 148 valence electrons. The van der Waals surface area contributed by atoms with E-state index in [2.05, 4.69) is 15.2 Å². The first-order chi connectivity index (χ1) is 13.5. The van der Waals surface area contributed by atoms with Crippen molar-refractivity contribution in [1.29, 1.82) is 0 Å². The van der Waals surface area contributed by atoms with Crippen LogP contribution in [0.4, 0.5) is 5.69 Å². The molecule has 28 heavy (non-hydrogen) atoms. The summed E-state index contributed by atoms with van der Waals surface area (Å²) in [5.74, 6) is 0.705. The molecule has 0 saturated carbocycles. The maximum absolute atomic E-state index is 12.3. The average molecular weight is 436 g/mol. The van der Waals surface area contributed by atoms with Gasteiger partial charge in [0.2, 0.25) is 5.91 Å². The molecule has 1 N–H and O–H groups in total. The van der Waals surface area contributed by atoms with Gasteiger partial charge >= 0.3 is 0 Å². The fraction of sp³-hybridized carbons (Fsp3) is 0.300. The topological polar surface area (TPSA) is 54.5 Å². The molecule has 0 aliphatic carbocycles. The highest BCUT2D eigenvalue weighted by atomic mass is 35.5. The van der Waals surface area contributed by atoms with Crippen LogP contribution in [0.25, 0.3) is 9.88 Å². The lowest BCUT2D eigenvalue weighted by Crippen LogP contribution is -2.15. The summed E-state index contributed by atoms with van der Waals surface area (Å²) in [6, 6.07) is 11.2. The second kappa shape index (κ2) is 10.0. The molecule has 3 aromatic rings. The first-order valence-electron chi connectivity index (χ1n) is 8.87. The Balaban J connectivity index is 1.47. The van der Waals surface area contributed by atoms with Crippen molar-refractivity contribution in [3.05, 3.63) is 51.8 Å². The van der Waals surface area contributed by atoms with Crippen molar-refractivity contribution in [2.24, 2.45) is 0 Å². The molecule has 2 heterocycles. The summed E-state index contributed by atoms with van der Waals surface area (Å²) in [5.41, 5.74) is 1.49. The normalized spacial score (nSPS) is 11.0. The van der Waals surface area contributed by atoms with Crippen molar-refractivity contribution in [1.82, 2.24) is 9.88 Å². The van der Waals surface area contributed by atoms with Gasteiger partial charge in [0.05, 0.1) is 27.9 Å². The number of aromatic nitrogens is 1. The molecule has 0 aliphatic heterocycles. The summed E-state index contributed by atoms with van der Waals surface area (Å²) >= 11 is 8.97. The molecule has 5 nitrogen and oxygen atoms in total. The fourth-order valence-electron chi connectivity index (χ4n) is 2.51. The zero-order valence-corrected chi connectivity index (χ0v) is 18.2. The Morgan fingerprint density at radius 1 is 1.21 bits per heavy atom. The molecule has 0 aliphatic rings. The number of hydrogen-bond donors (Lipinski definition) is 1. The number of ether oxygens (including phenoxy) is 1. The van der Waals surface area contributed by atoms with Crippen molar-refractivity contribution >= 4 is 45.9 Å². The summed E-state index contributed by atoms with van der Waals surface area (Å²) < 4.78 is 6.43. The Hall–Kier alpha value is -1.93. The second-order valence-electron chi connectivity index (χ2n) is 6.50. The fourth-order valence-corrected chi connectivity index (χ4v) is 4.44. The highest BCUT2D eigenvalue weighted by molar-refractivity contribution is 7.23. The molecule has 0 fully saturated rings. The number of nitrogens with one attached hydrogen (secondary N) is 1. The van der Waals surface area contributed by atoms with Gasteiger partial charge in [-0.05, 0) is 56.9 Å². The van der Waals surface area contributed by atoms with Crippen molar-refractivity contribution in [2.45, 2.75) is 12.8 Å². The largest absolute Gasteiger partial charge is 0.494 e. The van der Waals surface area contributed by atoms with Gasteiger partial charge in [0.25, 0.3) is 0 Å². The van der Waals surface area contributed by atoms with Gasteiger partial charge in [0.15, 0.2) is 0 Å². The second-order valence-corrected chi connectivity index (χ2v) is 9.08. The van der Waals surface area contributed by atoms with Gasteiger partial charge in [-0.1, -0.05) is 11.6 Å². The lowest BCUT2D eigenvalue weighted by molar-refractivity contribution is -0.115. The molecule has 1 amide bonds. The average Bonchev–Trinajstić information content (AvgIpc) is 3.29. The smallest absolute Gasteiger partial charge is 0.230 e. The van der Waals surface area contributed by atoms with E-state index in [1.807, 2.05) is 55.9 Å². The predicted molar refractivity (Wildman–Crippen MR) is 118 cm³/mol. The monoisotopic (exact) mass is 435 g/mol. The van der Waals surface area contributed by atoms with Gasteiger partial charge < -0.3 is 15.0 Å². The van der Waals surface area contributed by atoms with E-state index in [4.69, 9.17) is 16.3 Å². The lowest BCUT2D eigenvalue weighted by Gasteiger charge is -2.11. The van der Waals surface area contributed by atoms with Crippen LogP contribution >= 0.6 is 34.3 Å². The molecule has 0 atom stereocenters. The van der Waals surface area contributed by atoms with Crippen LogP contribution in [0, 0.1) is 0 Å². The van der Waals surface area contributed by atoms with E-state index in [1.54, 1.807) is 0 Å². The zero-order valence-electron chi connectivity index (χ0n) is 15.8. The molecule has 3 rings (SSSR count). The molecule has 0 saturated heterocycles. The number of thiazole rings is 1. The highest BCUT2D eigenvalue weighted by Gasteiger charge is 2.11. The van der Waals surface area contributed by atoms with Crippen LogP contribution in [0.2, 0.25) is 4.34 Å². The summed E-state index contributed by atoms with van der Waals surface area (Å²) in [4.78, 5) is 20.0. The Labute approximate surface area is 177 Å². The van der Waals surface area contributed by atoms with Crippen molar-refractivity contribution in [3.63, 3.8) is 0 Å². The first-order valence-corrected chi connectivity index (χ1v) is 10.9. The lowest BCUT2D eigenvalue weighted by atomic mass is 10.2. The zero-order chi connectivity index (χ0) is 19.9. The van der Waals surface area contributed by atoms with Crippen molar-refractivity contribution in [3.8, 4) is 15.6 Å². The van der Waals surface area contributed by atoms with E-state index in [9.17, 15) is 4.79 Å². The molecule has 0 radical (unpaired) electrons. The number of anilines is 1. The number of halogens is 1. The molecule has 1 aromatic carbocycles. The highest BCUT2D eigenvalue weighted by Crippen LogP contribution is 2.33. The van der Waals surface area contributed by atoms with Gasteiger partial charge in [0, 0.05) is 17.6 Å². The van der Waals surface area contributed by atoms with Crippen LogP contribution in [-0.4, -0.2) is 43.0 Å². The number of amides is 1. The number of rotatable bonds is 9.